The van der Waals surface area contributed by atoms with Crippen LogP contribution in [-0.4, -0.2) is 27.9 Å². The fourth-order valence-corrected chi connectivity index (χ4v) is 0.289. The number of methoxy groups -OCH3 is 1. The molecule has 0 aromatic carbocycles. The summed E-state index contributed by atoms with van der Waals surface area (Å²) in [6.45, 7) is 0.792. The van der Waals surface area contributed by atoms with Crippen molar-refractivity contribution in [3.8, 4) is 0 Å². The average molecular weight is 90.1 g/mol. The van der Waals surface area contributed by atoms with Crippen molar-refractivity contribution in [2.75, 3.05) is 27.9 Å². The van der Waals surface area contributed by atoms with E-state index in [0.29, 0.717) is 0 Å². The molecule has 38 valence electrons. The minimum Gasteiger partial charge on any atom is -0.335 e. The minimum absolute atomic E-state index is 0.792. The summed E-state index contributed by atoms with van der Waals surface area (Å²) in [7, 11) is 5.79. The molecule has 0 aliphatic carbocycles. The summed E-state index contributed by atoms with van der Waals surface area (Å²) in [5, 5.41) is 0. The second-order valence-electron chi connectivity index (χ2n) is 1.64. The van der Waals surface area contributed by atoms with Gasteiger partial charge in [-0.3, -0.25) is 0 Å². The van der Waals surface area contributed by atoms with Crippen LogP contribution in [0.4, 0.5) is 0 Å². The minimum atomic E-state index is 0.792. The van der Waals surface area contributed by atoms with E-state index in [0.717, 1.165) is 6.73 Å². The highest BCUT2D eigenvalue weighted by atomic mass is 16.5. The first-order chi connectivity index (χ1) is 2.77. The molecule has 6 heavy (non-hydrogen) atoms. The zero-order valence-corrected chi connectivity index (χ0v) is 4.62. The maximum atomic E-state index is 4.77. The third-order valence-corrected chi connectivity index (χ3v) is 0.433. The topological polar surface area (TPSA) is 13.7 Å². The Morgan fingerprint density at radius 1 is 1.50 bits per heavy atom. The van der Waals surface area contributed by atoms with Gasteiger partial charge in [-0.05, 0) is 0 Å². The molecule has 2 heteroatoms. The Hall–Kier alpha value is -0.0800. The van der Waals surface area contributed by atoms with Gasteiger partial charge >= 0.3 is 0 Å². The number of ether oxygens (including phenoxy) is 1. The van der Waals surface area contributed by atoms with Crippen molar-refractivity contribution in [1.29, 1.82) is 0 Å². The van der Waals surface area contributed by atoms with Crippen LogP contribution in [0.5, 0.6) is 0 Å². The Labute approximate surface area is 38.7 Å². The second-order valence-corrected chi connectivity index (χ2v) is 1.64. The Bertz CT molecular complexity index is 28.7. The summed E-state index contributed by atoms with van der Waals surface area (Å²) in [6, 6.07) is 0. The first-order valence-corrected chi connectivity index (χ1v) is 2.05. The Morgan fingerprint density at radius 2 is 2.00 bits per heavy atom. The molecule has 0 saturated heterocycles. The molecule has 0 saturated carbocycles. The first-order valence-electron chi connectivity index (χ1n) is 2.05. The van der Waals surface area contributed by atoms with Gasteiger partial charge < -0.3 is 9.64 Å². The molecule has 1 N–H and O–H groups in total. The smallest absolute Gasteiger partial charge is 0.180 e. The molecule has 0 amide bonds. The van der Waals surface area contributed by atoms with E-state index >= 15 is 0 Å². The molecular formula is C4H12NO+. The van der Waals surface area contributed by atoms with Crippen LogP contribution >= 0.6 is 0 Å². The monoisotopic (exact) mass is 90.1 g/mol. The first kappa shape index (κ1) is 5.92. The zero-order valence-electron chi connectivity index (χ0n) is 4.62. The fraction of sp³-hybridized carbons (Fsp3) is 1.00. The lowest BCUT2D eigenvalue weighted by molar-refractivity contribution is -0.879. The quantitative estimate of drug-likeness (QED) is 0.418. The maximum absolute atomic E-state index is 4.77. The van der Waals surface area contributed by atoms with E-state index in [-0.39, 0.29) is 0 Å². The van der Waals surface area contributed by atoms with Crippen molar-refractivity contribution >= 4 is 0 Å². The van der Waals surface area contributed by atoms with Crippen LogP contribution in [0.25, 0.3) is 0 Å². The van der Waals surface area contributed by atoms with E-state index in [9.17, 15) is 0 Å². The average Bonchev–Trinajstić information content (AvgIpc) is 1.35. The largest absolute Gasteiger partial charge is 0.335 e. The molecule has 0 unspecified atom stereocenters. The molecule has 2 nitrogen and oxygen atoms in total. The number of rotatable bonds is 2. The van der Waals surface area contributed by atoms with Gasteiger partial charge in [0.15, 0.2) is 6.73 Å². The third-order valence-electron chi connectivity index (χ3n) is 0.433. The normalized spacial score (nSPS) is 10.0. The Balaban J connectivity index is 2.63. The SMILES string of the molecule is COC[NH+](C)C. The van der Waals surface area contributed by atoms with Gasteiger partial charge in [0.2, 0.25) is 0 Å². The van der Waals surface area contributed by atoms with Crippen molar-refractivity contribution in [2.24, 2.45) is 0 Å². The van der Waals surface area contributed by atoms with E-state index < -0.39 is 0 Å². The highest BCUT2D eigenvalue weighted by Crippen LogP contribution is 1.42. The summed E-state index contributed by atoms with van der Waals surface area (Å²) < 4.78 is 4.77. The van der Waals surface area contributed by atoms with Crippen molar-refractivity contribution in [3.05, 3.63) is 0 Å². The van der Waals surface area contributed by atoms with Crippen molar-refractivity contribution in [2.45, 2.75) is 0 Å². The lowest BCUT2D eigenvalue weighted by Gasteiger charge is -2.01. The van der Waals surface area contributed by atoms with E-state index in [1.165, 1.54) is 4.90 Å². The van der Waals surface area contributed by atoms with Gasteiger partial charge in [-0.1, -0.05) is 0 Å². The van der Waals surface area contributed by atoms with Gasteiger partial charge in [-0.15, -0.1) is 0 Å². The second kappa shape index (κ2) is 3.12. The van der Waals surface area contributed by atoms with Crippen LogP contribution in [0.3, 0.4) is 0 Å². The van der Waals surface area contributed by atoms with E-state index in [4.69, 9.17) is 4.74 Å². The van der Waals surface area contributed by atoms with Crippen molar-refractivity contribution in [3.63, 3.8) is 0 Å². The predicted octanol–water partition coefficient (Wildman–Crippen LogP) is -1.27. The summed E-state index contributed by atoms with van der Waals surface area (Å²) in [6.07, 6.45) is 0. The number of hydrogen-bond acceptors (Lipinski definition) is 1. The van der Waals surface area contributed by atoms with Crippen LogP contribution in [0.15, 0.2) is 0 Å². The van der Waals surface area contributed by atoms with Gasteiger partial charge in [-0.2, -0.15) is 0 Å². The molecule has 0 heterocycles. The molecule has 0 bridgehead atoms. The van der Waals surface area contributed by atoms with Gasteiger partial charge in [0, 0.05) is 7.11 Å². The Morgan fingerprint density at radius 3 is 2.00 bits per heavy atom. The molecule has 0 rings (SSSR count). The molecule has 0 aliphatic rings. The molecule has 0 spiro atoms. The van der Waals surface area contributed by atoms with Crippen LogP contribution in [0.2, 0.25) is 0 Å². The van der Waals surface area contributed by atoms with Gasteiger partial charge in [0.25, 0.3) is 0 Å². The van der Waals surface area contributed by atoms with E-state index in [1.54, 1.807) is 7.11 Å². The molecule has 0 aromatic rings. The van der Waals surface area contributed by atoms with Crippen molar-refractivity contribution < 1.29 is 9.64 Å². The predicted molar refractivity (Wildman–Crippen MR) is 24.7 cm³/mol. The summed E-state index contributed by atoms with van der Waals surface area (Å²) in [5.74, 6) is 0. The Kier molecular flexibility index (Phi) is 3.08. The molecule has 0 radical (unpaired) electrons. The lowest BCUT2D eigenvalue weighted by Crippen LogP contribution is -3.05. The van der Waals surface area contributed by atoms with Gasteiger partial charge in [-0.25, -0.2) is 0 Å². The highest BCUT2D eigenvalue weighted by Gasteiger charge is 1.82. The number of hydrogen-bond donors (Lipinski definition) is 1. The number of quaternary nitrogens is 1. The van der Waals surface area contributed by atoms with Crippen LogP contribution < -0.4 is 4.90 Å². The fourth-order valence-electron chi connectivity index (χ4n) is 0.289. The van der Waals surface area contributed by atoms with E-state index in [2.05, 4.69) is 0 Å². The zero-order chi connectivity index (χ0) is 4.99. The van der Waals surface area contributed by atoms with Crippen molar-refractivity contribution in [1.82, 2.24) is 0 Å². The van der Waals surface area contributed by atoms with Gasteiger partial charge in [0.05, 0.1) is 14.1 Å². The molecule has 0 aromatic heterocycles. The highest BCUT2D eigenvalue weighted by molar-refractivity contribution is 3.82. The summed E-state index contributed by atoms with van der Waals surface area (Å²) in [5.41, 5.74) is 0. The van der Waals surface area contributed by atoms with Crippen LogP contribution in [0.1, 0.15) is 0 Å². The third kappa shape index (κ3) is 3.92. The molecule has 0 atom stereocenters. The number of nitrogens with one attached hydrogen (secondary N) is 1. The van der Waals surface area contributed by atoms with E-state index in [1.807, 2.05) is 14.1 Å². The van der Waals surface area contributed by atoms with Crippen LogP contribution in [-0.2, 0) is 4.74 Å². The molecular weight excluding hydrogens is 78.0 g/mol. The van der Waals surface area contributed by atoms with Crippen LogP contribution in [0, 0.1) is 0 Å². The summed E-state index contributed by atoms with van der Waals surface area (Å²) >= 11 is 0. The maximum Gasteiger partial charge on any atom is 0.180 e. The van der Waals surface area contributed by atoms with Gasteiger partial charge in [0.1, 0.15) is 0 Å². The molecule has 0 aliphatic heterocycles. The summed E-state index contributed by atoms with van der Waals surface area (Å²) in [4.78, 5) is 1.32. The lowest BCUT2D eigenvalue weighted by atomic mass is 10.9. The molecule has 0 fully saturated rings. The standard InChI is InChI=1S/C4H11NO/c1-5(2)4-6-3/h4H2,1-3H3/p+1.